The lowest BCUT2D eigenvalue weighted by Gasteiger charge is -2.20. The Balaban J connectivity index is 2.00. The van der Waals surface area contributed by atoms with Gasteiger partial charge in [0.1, 0.15) is 5.56 Å². The molecule has 0 unspecified atom stereocenters. The second-order valence-corrected chi connectivity index (χ2v) is 5.20. The molecule has 2 heterocycles. The van der Waals surface area contributed by atoms with Crippen LogP contribution < -0.4 is 0 Å². The third-order valence-electron chi connectivity index (χ3n) is 3.85. The fourth-order valence-corrected chi connectivity index (χ4v) is 2.84. The molecule has 1 aliphatic rings. The monoisotopic (exact) mass is 271 g/mol. The van der Waals surface area contributed by atoms with Crippen LogP contribution in [0.4, 0.5) is 0 Å². The molecule has 20 heavy (non-hydrogen) atoms. The maximum Gasteiger partial charge on any atom is 0.339 e. The summed E-state index contributed by atoms with van der Waals surface area (Å²) in [7, 11) is 0. The molecule has 1 saturated carbocycles. The van der Waals surface area contributed by atoms with Gasteiger partial charge in [-0.25, -0.2) is 14.5 Å². The summed E-state index contributed by atoms with van der Waals surface area (Å²) in [6.07, 6.45) is 8.85. The number of aromatic nitrogens is 3. The molecule has 0 bridgehead atoms. The number of hydrogen-bond donors (Lipinski definition) is 1. The lowest BCUT2D eigenvalue weighted by molar-refractivity contribution is 0.0694. The van der Waals surface area contributed by atoms with Gasteiger partial charge in [0, 0.05) is 18.3 Å². The van der Waals surface area contributed by atoms with Crippen molar-refractivity contribution < 1.29 is 9.90 Å². The highest BCUT2D eigenvalue weighted by atomic mass is 16.4. The van der Waals surface area contributed by atoms with Gasteiger partial charge in [-0.3, -0.25) is 0 Å². The number of pyridine rings is 1. The Bertz CT molecular complexity index is 601. The molecule has 5 nitrogen and oxygen atoms in total. The molecule has 1 fully saturated rings. The first-order valence-electron chi connectivity index (χ1n) is 7.00. The van der Waals surface area contributed by atoms with E-state index in [0.29, 0.717) is 17.1 Å². The first-order valence-corrected chi connectivity index (χ1v) is 7.00. The van der Waals surface area contributed by atoms with Gasteiger partial charge in [0.15, 0.2) is 5.82 Å². The van der Waals surface area contributed by atoms with Gasteiger partial charge in [-0.2, -0.15) is 5.10 Å². The fraction of sp³-hybridized carbons (Fsp3) is 0.400. The summed E-state index contributed by atoms with van der Waals surface area (Å²) in [5.74, 6) is 0.00428. The summed E-state index contributed by atoms with van der Waals surface area (Å²) in [6.45, 7) is 0. The van der Waals surface area contributed by atoms with E-state index in [2.05, 4.69) is 10.1 Å². The van der Waals surface area contributed by atoms with Crippen molar-refractivity contribution in [2.24, 2.45) is 0 Å². The molecule has 0 amide bonds. The predicted octanol–water partition coefficient (Wildman–Crippen LogP) is 3.01. The molecule has 0 aliphatic heterocycles. The summed E-state index contributed by atoms with van der Waals surface area (Å²) in [6, 6.07) is 5.52. The number of nitrogens with zero attached hydrogens (tertiary/aromatic N) is 3. The van der Waals surface area contributed by atoms with E-state index in [1.54, 1.807) is 17.1 Å². The molecule has 0 saturated heterocycles. The van der Waals surface area contributed by atoms with Crippen LogP contribution in [-0.2, 0) is 0 Å². The van der Waals surface area contributed by atoms with Crippen LogP contribution in [0.2, 0.25) is 0 Å². The second kappa shape index (κ2) is 5.45. The second-order valence-electron chi connectivity index (χ2n) is 5.20. The Morgan fingerprint density at radius 1 is 1.25 bits per heavy atom. The molecule has 0 spiro atoms. The minimum absolute atomic E-state index is 0.264. The summed E-state index contributed by atoms with van der Waals surface area (Å²) in [5.41, 5.74) is 1.02. The van der Waals surface area contributed by atoms with Gasteiger partial charge in [0.05, 0.1) is 5.69 Å². The zero-order chi connectivity index (χ0) is 13.9. The van der Waals surface area contributed by atoms with E-state index < -0.39 is 5.97 Å². The molecule has 5 heteroatoms. The van der Waals surface area contributed by atoms with Crippen molar-refractivity contribution in [3.63, 3.8) is 0 Å². The average Bonchev–Trinajstić information content (AvgIpc) is 2.94. The SMILES string of the molecule is O=C(O)c1cn(-c2ccccn2)nc1C1CCCCC1. The number of aromatic carboxylic acids is 1. The molecule has 0 radical (unpaired) electrons. The molecular formula is C15H17N3O2. The Morgan fingerprint density at radius 2 is 2.05 bits per heavy atom. The molecule has 1 aliphatic carbocycles. The Labute approximate surface area is 117 Å². The highest BCUT2D eigenvalue weighted by molar-refractivity contribution is 5.89. The van der Waals surface area contributed by atoms with Crippen molar-refractivity contribution in [3.8, 4) is 5.82 Å². The number of hydrogen-bond acceptors (Lipinski definition) is 3. The van der Waals surface area contributed by atoms with Crippen molar-refractivity contribution in [2.75, 3.05) is 0 Å². The van der Waals surface area contributed by atoms with Crippen LogP contribution in [0, 0.1) is 0 Å². The Hall–Kier alpha value is -2.17. The zero-order valence-corrected chi connectivity index (χ0v) is 11.2. The first kappa shape index (κ1) is 12.8. The molecule has 104 valence electrons. The van der Waals surface area contributed by atoms with E-state index in [0.717, 1.165) is 25.7 Å². The van der Waals surface area contributed by atoms with Crippen molar-refractivity contribution in [3.05, 3.63) is 41.9 Å². The van der Waals surface area contributed by atoms with Gasteiger partial charge < -0.3 is 5.11 Å². The van der Waals surface area contributed by atoms with Crippen molar-refractivity contribution in [1.29, 1.82) is 0 Å². The smallest absolute Gasteiger partial charge is 0.339 e. The first-order chi connectivity index (χ1) is 9.75. The van der Waals surface area contributed by atoms with Gasteiger partial charge >= 0.3 is 5.97 Å². The molecular weight excluding hydrogens is 254 g/mol. The Morgan fingerprint density at radius 3 is 2.70 bits per heavy atom. The van der Waals surface area contributed by atoms with Gasteiger partial charge in [-0.1, -0.05) is 25.3 Å². The summed E-state index contributed by atoms with van der Waals surface area (Å²) >= 11 is 0. The van der Waals surface area contributed by atoms with E-state index in [-0.39, 0.29) is 5.92 Å². The molecule has 1 N–H and O–H groups in total. The van der Waals surface area contributed by atoms with Gasteiger partial charge in [0.2, 0.25) is 0 Å². The van der Waals surface area contributed by atoms with E-state index in [1.807, 2.05) is 18.2 Å². The van der Waals surface area contributed by atoms with Crippen LogP contribution >= 0.6 is 0 Å². The maximum absolute atomic E-state index is 11.4. The number of carboxylic acids is 1. The van der Waals surface area contributed by atoms with Gasteiger partial charge in [0.25, 0.3) is 0 Å². The van der Waals surface area contributed by atoms with Crippen molar-refractivity contribution >= 4 is 5.97 Å². The third kappa shape index (κ3) is 2.43. The van der Waals surface area contributed by atoms with E-state index in [9.17, 15) is 9.90 Å². The number of carboxylic acid groups (broad SMARTS) is 1. The quantitative estimate of drug-likeness (QED) is 0.931. The lowest BCUT2D eigenvalue weighted by atomic mass is 9.85. The van der Waals surface area contributed by atoms with Gasteiger partial charge in [-0.15, -0.1) is 0 Å². The summed E-state index contributed by atoms with van der Waals surface area (Å²) in [5, 5.41) is 13.9. The van der Waals surface area contributed by atoms with Crippen LogP contribution in [-0.4, -0.2) is 25.8 Å². The van der Waals surface area contributed by atoms with Gasteiger partial charge in [-0.05, 0) is 25.0 Å². The number of carbonyl (C=O) groups is 1. The van der Waals surface area contributed by atoms with Crippen molar-refractivity contribution in [1.82, 2.24) is 14.8 Å². The zero-order valence-electron chi connectivity index (χ0n) is 11.2. The maximum atomic E-state index is 11.4. The Kier molecular flexibility index (Phi) is 3.50. The predicted molar refractivity (Wildman–Crippen MR) is 74.1 cm³/mol. The lowest BCUT2D eigenvalue weighted by Crippen LogP contribution is -2.10. The normalized spacial score (nSPS) is 16.2. The summed E-state index contributed by atoms with van der Waals surface area (Å²) < 4.78 is 1.58. The molecule has 0 atom stereocenters. The van der Waals surface area contributed by atoms with Crippen LogP contribution in [0.1, 0.15) is 54.1 Å². The topological polar surface area (TPSA) is 68.0 Å². The minimum atomic E-state index is -0.909. The van der Waals surface area contributed by atoms with Crippen LogP contribution in [0.5, 0.6) is 0 Å². The molecule has 3 rings (SSSR count). The third-order valence-corrected chi connectivity index (χ3v) is 3.85. The standard InChI is InChI=1S/C15H17N3O2/c19-15(20)12-10-18(13-8-4-5-9-16-13)17-14(12)11-6-2-1-3-7-11/h4-5,8-11H,1-3,6-7H2,(H,19,20). The molecule has 2 aromatic heterocycles. The van der Waals surface area contributed by atoms with Crippen LogP contribution in [0.3, 0.4) is 0 Å². The largest absolute Gasteiger partial charge is 0.478 e. The highest BCUT2D eigenvalue weighted by Crippen LogP contribution is 2.33. The highest BCUT2D eigenvalue weighted by Gasteiger charge is 2.25. The van der Waals surface area contributed by atoms with E-state index in [1.165, 1.54) is 6.42 Å². The van der Waals surface area contributed by atoms with E-state index in [4.69, 9.17) is 0 Å². The van der Waals surface area contributed by atoms with E-state index >= 15 is 0 Å². The fourth-order valence-electron chi connectivity index (χ4n) is 2.84. The van der Waals surface area contributed by atoms with Crippen LogP contribution in [0.25, 0.3) is 5.82 Å². The van der Waals surface area contributed by atoms with Crippen molar-refractivity contribution in [2.45, 2.75) is 38.0 Å². The molecule has 0 aromatic carbocycles. The van der Waals surface area contributed by atoms with Crippen LogP contribution in [0.15, 0.2) is 30.6 Å². The minimum Gasteiger partial charge on any atom is -0.478 e. The average molecular weight is 271 g/mol. The summed E-state index contributed by atoms with van der Waals surface area (Å²) in [4.78, 5) is 15.7. The number of rotatable bonds is 3. The molecule has 2 aromatic rings.